The van der Waals surface area contributed by atoms with E-state index in [4.69, 9.17) is 20.4 Å². The molecule has 0 radical (unpaired) electrons. The molecule has 0 spiro atoms. The number of ether oxygens (including phenoxy) is 1. The normalized spacial score (nSPS) is 12.5. The van der Waals surface area contributed by atoms with Gasteiger partial charge in [-0.1, -0.05) is 26.8 Å². The average molecular weight is 350 g/mol. The zero-order valence-electron chi connectivity index (χ0n) is 15.9. The second kappa shape index (κ2) is 7.79. The molecule has 1 unspecified atom stereocenters. The van der Waals surface area contributed by atoms with E-state index in [1.165, 1.54) is 0 Å². The van der Waals surface area contributed by atoms with E-state index in [2.05, 4.69) is 37.9 Å². The van der Waals surface area contributed by atoms with Crippen molar-refractivity contribution in [1.29, 1.82) is 0 Å². The molecular weight excluding hydrogens is 324 g/mol. The SMILES string of the molecule is CCc1nc(C(N)CC(C)C)nc2ccc(-c3ccncc3OC)cc12. The van der Waals surface area contributed by atoms with Gasteiger partial charge in [-0.2, -0.15) is 0 Å². The monoisotopic (exact) mass is 350 g/mol. The van der Waals surface area contributed by atoms with Gasteiger partial charge in [-0.15, -0.1) is 0 Å². The molecule has 2 heterocycles. The molecule has 0 aliphatic rings. The van der Waals surface area contributed by atoms with Crippen molar-refractivity contribution in [3.8, 4) is 16.9 Å². The Balaban J connectivity index is 2.10. The number of benzene rings is 1. The van der Waals surface area contributed by atoms with E-state index in [0.717, 1.165) is 52.1 Å². The lowest BCUT2D eigenvalue weighted by Crippen LogP contribution is -2.17. The van der Waals surface area contributed by atoms with Crippen molar-refractivity contribution in [3.05, 3.63) is 48.2 Å². The fraction of sp³-hybridized carbons (Fsp3) is 0.381. The lowest BCUT2D eigenvalue weighted by Gasteiger charge is -2.15. The first kappa shape index (κ1) is 18.3. The summed E-state index contributed by atoms with van der Waals surface area (Å²) >= 11 is 0. The second-order valence-electron chi connectivity index (χ2n) is 6.93. The molecule has 2 N–H and O–H groups in total. The Kier molecular flexibility index (Phi) is 5.47. The molecule has 26 heavy (non-hydrogen) atoms. The summed E-state index contributed by atoms with van der Waals surface area (Å²) < 4.78 is 5.45. The average Bonchev–Trinajstić information content (AvgIpc) is 2.66. The maximum atomic E-state index is 6.32. The third kappa shape index (κ3) is 3.68. The highest BCUT2D eigenvalue weighted by molar-refractivity contribution is 5.87. The number of aromatic nitrogens is 3. The number of hydrogen-bond donors (Lipinski definition) is 1. The molecule has 5 heteroatoms. The van der Waals surface area contributed by atoms with Crippen LogP contribution in [0.4, 0.5) is 0 Å². The Morgan fingerprint density at radius 2 is 1.96 bits per heavy atom. The summed E-state index contributed by atoms with van der Waals surface area (Å²) in [5, 5.41) is 1.06. The minimum atomic E-state index is -0.135. The highest BCUT2D eigenvalue weighted by atomic mass is 16.5. The van der Waals surface area contributed by atoms with Crippen molar-refractivity contribution < 1.29 is 4.74 Å². The van der Waals surface area contributed by atoms with Crippen LogP contribution >= 0.6 is 0 Å². The van der Waals surface area contributed by atoms with Crippen LogP contribution in [0.5, 0.6) is 5.75 Å². The summed E-state index contributed by atoms with van der Waals surface area (Å²) in [4.78, 5) is 13.6. The van der Waals surface area contributed by atoms with E-state index < -0.39 is 0 Å². The molecule has 2 aromatic heterocycles. The molecule has 1 atom stereocenters. The molecule has 0 saturated carbocycles. The van der Waals surface area contributed by atoms with E-state index in [-0.39, 0.29) is 6.04 Å². The van der Waals surface area contributed by atoms with E-state index in [0.29, 0.717) is 5.92 Å². The molecule has 0 fully saturated rings. The second-order valence-corrected chi connectivity index (χ2v) is 6.93. The zero-order valence-corrected chi connectivity index (χ0v) is 15.9. The van der Waals surface area contributed by atoms with Gasteiger partial charge in [-0.25, -0.2) is 9.97 Å². The Hall–Kier alpha value is -2.53. The molecule has 3 aromatic rings. The number of nitrogens with two attached hydrogens (primary N) is 1. The molecule has 3 rings (SSSR count). The largest absolute Gasteiger partial charge is 0.494 e. The van der Waals surface area contributed by atoms with Crippen LogP contribution in [0.2, 0.25) is 0 Å². The fourth-order valence-corrected chi connectivity index (χ4v) is 3.21. The standard InChI is InChI=1S/C21H26N4O/c1-5-18-16-11-14(15-8-9-23-12-20(15)26-4)6-7-19(16)25-21(24-18)17(22)10-13(2)3/h6-9,11-13,17H,5,10,22H2,1-4H3. The quantitative estimate of drug-likeness (QED) is 0.717. The van der Waals surface area contributed by atoms with Crippen molar-refractivity contribution >= 4 is 10.9 Å². The molecule has 0 amide bonds. The lowest BCUT2D eigenvalue weighted by atomic mass is 10.0. The predicted molar refractivity (Wildman–Crippen MR) is 105 cm³/mol. The maximum absolute atomic E-state index is 6.32. The van der Waals surface area contributed by atoms with E-state index >= 15 is 0 Å². The smallest absolute Gasteiger partial charge is 0.145 e. The third-order valence-corrected chi connectivity index (χ3v) is 4.50. The van der Waals surface area contributed by atoms with Crippen molar-refractivity contribution in [2.45, 2.75) is 39.7 Å². The first-order valence-electron chi connectivity index (χ1n) is 9.08. The van der Waals surface area contributed by atoms with Crippen LogP contribution in [-0.2, 0) is 6.42 Å². The summed E-state index contributed by atoms with van der Waals surface area (Å²) in [6.45, 7) is 6.44. The number of pyridine rings is 1. The Labute approximate surface area is 154 Å². The molecule has 0 aliphatic heterocycles. The first-order valence-corrected chi connectivity index (χ1v) is 9.08. The Morgan fingerprint density at radius 1 is 1.15 bits per heavy atom. The zero-order chi connectivity index (χ0) is 18.7. The van der Waals surface area contributed by atoms with Gasteiger partial charge in [0.25, 0.3) is 0 Å². The van der Waals surface area contributed by atoms with Crippen molar-refractivity contribution in [2.24, 2.45) is 11.7 Å². The first-order chi connectivity index (χ1) is 12.5. The van der Waals surface area contributed by atoms with Crippen LogP contribution in [0.1, 0.15) is 44.8 Å². The summed E-state index contributed by atoms with van der Waals surface area (Å²) in [6, 6.07) is 8.05. The summed E-state index contributed by atoms with van der Waals surface area (Å²) in [5.74, 6) is 1.99. The van der Waals surface area contributed by atoms with Gasteiger partial charge in [0.15, 0.2) is 0 Å². The van der Waals surface area contributed by atoms with Gasteiger partial charge in [0, 0.05) is 17.1 Å². The van der Waals surface area contributed by atoms with Crippen LogP contribution in [0.15, 0.2) is 36.7 Å². The molecule has 5 nitrogen and oxygen atoms in total. The number of rotatable bonds is 6. The minimum absolute atomic E-state index is 0.135. The van der Waals surface area contributed by atoms with Crippen molar-refractivity contribution in [1.82, 2.24) is 15.0 Å². The van der Waals surface area contributed by atoms with E-state index in [1.807, 2.05) is 12.1 Å². The van der Waals surface area contributed by atoms with Gasteiger partial charge in [0.2, 0.25) is 0 Å². The minimum Gasteiger partial charge on any atom is -0.494 e. The molecule has 0 bridgehead atoms. The lowest BCUT2D eigenvalue weighted by molar-refractivity contribution is 0.414. The molecule has 136 valence electrons. The van der Waals surface area contributed by atoms with Gasteiger partial charge in [0.1, 0.15) is 11.6 Å². The summed E-state index contributed by atoms with van der Waals surface area (Å²) in [6.07, 6.45) is 5.20. The molecule has 1 aromatic carbocycles. The van der Waals surface area contributed by atoms with Crippen LogP contribution in [0.25, 0.3) is 22.0 Å². The molecule has 0 saturated heterocycles. The van der Waals surface area contributed by atoms with Crippen LogP contribution in [0.3, 0.4) is 0 Å². The van der Waals surface area contributed by atoms with Crippen molar-refractivity contribution in [3.63, 3.8) is 0 Å². The summed E-state index contributed by atoms with van der Waals surface area (Å²) in [7, 11) is 1.66. The number of fused-ring (bicyclic) bond motifs is 1. The van der Waals surface area contributed by atoms with Gasteiger partial charge in [-0.05, 0) is 42.5 Å². The number of methoxy groups -OCH3 is 1. The Morgan fingerprint density at radius 3 is 2.65 bits per heavy atom. The van der Waals surface area contributed by atoms with Gasteiger partial charge >= 0.3 is 0 Å². The fourth-order valence-electron chi connectivity index (χ4n) is 3.21. The third-order valence-electron chi connectivity index (χ3n) is 4.50. The van der Waals surface area contributed by atoms with Gasteiger partial charge in [0.05, 0.1) is 30.6 Å². The van der Waals surface area contributed by atoms with Crippen LogP contribution in [0, 0.1) is 5.92 Å². The molecular formula is C21H26N4O. The highest BCUT2D eigenvalue weighted by Gasteiger charge is 2.15. The van der Waals surface area contributed by atoms with Gasteiger partial charge in [-0.3, -0.25) is 4.98 Å². The Bertz CT molecular complexity index is 908. The van der Waals surface area contributed by atoms with Crippen LogP contribution in [-0.4, -0.2) is 22.1 Å². The maximum Gasteiger partial charge on any atom is 0.145 e. The number of aryl methyl sites for hydroxylation is 1. The number of hydrogen-bond acceptors (Lipinski definition) is 5. The predicted octanol–water partition coefficient (Wildman–Crippen LogP) is 4.31. The van der Waals surface area contributed by atoms with Crippen molar-refractivity contribution in [2.75, 3.05) is 7.11 Å². The highest BCUT2D eigenvalue weighted by Crippen LogP contribution is 2.32. The van der Waals surface area contributed by atoms with Gasteiger partial charge < -0.3 is 10.5 Å². The summed E-state index contributed by atoms with van der Waals surface area (Å²) in [5.41, 5.74) is 10.4. The topological polar surface area (TPSA) is 73.9 Å². The number of nitrogens with zero attached hydrogens (tertiary/aromatic N) is 3. The van der Waals surface area contributed by atoms with Crippen LogP contribution < -0.4 is 10.5 Å². The molecule has 0 aliphatic carbocycles. The van der Waals surface area contributed by atoms with E-state index in [9.17, 15) is 0 Å². The van der Waals surface area contributed by atoms with E-state index in [1.54, 1.807) is 19.5 Å².